The monoisotopic (exact) mass is 277 g/mol. The van der Waals surface area contributed by atoms with Crippen LogP contribution in [0, 0.1) is 6.42 Å². The van der Waals surface area contributed by atoms with Gasteiger partial charge in [-0.3, -0.25) is 4.79 Å². The molecule has 0 aromatic heterocycles. The van der Waals surface area contributed by atoms with Gasteiger partial charge < -0.3 is 20.9 Å². The molecule has 5 heteroatoms. The Bertz CT molecular complexity index is 438. The van der Waals surface area contributed by atoms with Gasteiger partial charge in [0.2, 0.25) is 5.91 Å². The summed E-state index contributed by atoms with van der Waals surface area (Å²) in [6.45, 7) is 1.75. The Kier molecular flexibility index (Phi) is 5.11. The maximum absolute atomic E-state index is 12.1. The molecule has 0 aliphatic carbocycles. The van der Waals surface area contributed by atoms with Gasteiger partial charge in [-0.2, -0.15) is 0 Å². The van der Waals surface area contributed by atoms with Crippen LogP contribution >= 0.6 is 0 Å². The number of nitrogens with one attached hydrogen (secondary N) is 1. The second-order valence-corrected chi connectivity index (χ2v) is 5.09. The van der Waals surface area contributed by atoms with Crippen LogP contribution in [-0.4, -0.2) is 41.9 Å². The van der Waals surface area contributed by atoms with Gasteiger partial charge >= 0.3 is 0 Å². The highest BCUT2D eigenvalue weighted by molar-refractivity contribution is 5.82. The fourth-order valence-corrected chi connectivity index (χ4v) is 2.35. The maximum atomic E-state index is 12.1. The summed E-state index contributed by atoms with van der Waals surface area (Å²) in [6.07, 6.45) is 1.88. The first-order chi connectivity index (χ1) is 9.60. The number of hydrogen-bond acceptors (Lipinski definition) is 4. The molecule has 1 aromatic rings. The molecule has 0 bridgehead atoms. The van der Waals surface area contributed by atoms with E-state index in [0.717, 1.165) is 5.56 Å². The molecule has 1 heterocycles. The van der Waals surface area contributed by atoms with Crippen LogP contribution in [0.1, 0.15) is 12.5 Å². The molecule has 20 heavy (non-hydrogen) atoms. The number of aliphatic hydroxyl groups is 1. The van der Waals surface area contributed by atoms with Gasteiger partial charge in [-0.25, -0.2) is 0 Å². The Morgan fingerprint density at radius 2 is 2.15 bits per heavy atom. The van der Waals surface area contributed by atoms with Gasteiger partial charge in [-0.15, -0.1) is 0 Å². The SMILES string of the molecule is C[C@H]1[CH][C@@H](NC(=O)C(N)Cc2ccccc2)[C@@H](CO)O1. The zero-order valence-corrected chi connectivity index (χ0v) is 11.5. The summed E-state index contributed by atoms with van der Waals surface area (Å²) < 4.78 is 5.46. The topological polar surface area (TPSA) is 84.6 Å². The van der Waals surface area contributed by atoms with Crippen LogP contribution in [-0.2, 0) is 16.0 Å². The van der Waals surface area contributed by atoms with Crippen LogP contribution in [0.2, 0.25) is 0 Å². The van der Waals surface area contributed by atoms with Crippen LogP contribution in [0.4, 0.5) is 0 Å². The van der Waals surface area contributed by atoms with Gasteiger partial charge in [0.15, 0.2) is 0 Å². The van der Waals surface area contributed by atoms with Crippen molar-refractivity contribution in [2.75, 3.05) is 6.61 Å². The molecule has 1 aromatic carbocycles. The van der Waals surface area contributed by atoms with Crippen molar-refractivity contribution < 1.29 is 14.6 Å². The minimum absolute atomic E-state index is 0.0807. The van der Waals surface area contributed by atoms with Crippen molar-refractivity contribution in [1.29, 1.82) is 0 Å². The van der Waals surface area contributed by atoms with Crippen LogP contribution < -0.4 is 11.1 Å². The van der Waals surface area contributed by atoms with E-state index in [1.165, 1.54) is 0 Å². The molecule has 4 atom stereocenters. The lowest BCUT2D eigenvalue weighted by molar-refractivity contribution is -0.123. The van der Waals surface area contributed by atoms with E-state index >= 15 is 0 Å². The molecule has 5 nitrogen and oxygen atoms in total. The first kappa shape index (κ1) is 15.0. The average Bonchev–Trinajstić information content (AvgIpc) is 2.79. The molecule has 1 radical (unpaired) electrons. The predicted octanol–water partition coefficient (Wildman–Crippen LogP) is 0.0251. The van der Waals surface area contributed by atoms with Crippen molar-refractivity contribution in [3.05, 3.63) is 42.3 Å². The van der Waals surface area contributed by atoms with Gasteiger partial charge in [0.25, 0.3) is 0 Å². The van der Waals surface area contributed by atoms with E-state index in [0.29, 0.717) is 6.42 Å². The number of aliphatic hydroxyl groups excluding tert-OH is 1. The molecule has 1 fully saturated rings. The largest absolute Gasteiger partial charge is 0.394 e. The lowest BCUT2D eigenvalue weighted by Crippen LogP contribution is -2.49. The first-order valence-corrected chi connectivity index (χ1v) is 6.81. The summed E-state index contributed by atoms with van der Waals surface area (Å²) in [5, 5.41) is 12.0. The summed E-state index contributed by atoms with van der Waals surface area (Å²) in [6, 6.07) is 8.75. The summed E-state index contributed by atoms with van der Waals surface area (Å²) in [5.41, 5.74) is 6.94. The Balaban J connectivity index is 1.88. The van der Waals surface area contributed by atoms with Crippen molar-refractivity contribution in [2.24, 2.45) is 5.73 Å². The first-order valence-electron chi connectivity index (χ1n) is 6.81. The number of ether oxygens (including phenoxy) is 1. The highest BCUT2D eigenvalue weighted by Crippen LogP contribution is 2.18. The van der Waals surface area contributed by atoms with Gasteiger partial charge in [-0.1, -0.05) is 30.3 Å². The van der Waals surface area contributed by atoms with E-state index in [1.807, 2.05) is 43.7 Å². The van der Waals surface area contributed by atoms with Crippen molar-refractivity contribution in [1.82, 2.24) is 5.32 Å². The van der Waals surface area contributed by atoms with Crippen LogP contribution in [0.25, 0.3) is 0 Å². The van der Waals surface area contributed by atoms with Gasteiger partial charge in [0.1, 0.15) is 6.10 Å². The number of benzene rings is 1. The Labute approximate surface area is 119 Å². The normalized spacial score (nSPS) is 27.2. The van der Waals surface area contributed by atoms with Crippen LogP contribution in [0.5, 0.6) is 0 Å². The molecule has 4 N–H and O–H groups in total. The van der Waals surface area contributed by atoms with Crippen molar-refractivity contribution in [3.8, 4) is 0 Å². The molecule has 0 saturated carbocycles. The van der Waals surface area contributed by atoms with E-state index in [9.17, 15) is 9.90 Å². The van der Waals surface area contributed by atoms with E-state index in [-0.39, 0.29) is 24.7 Å². The predicted molar refractivity (Wildman–Crippen MR) is 75.8 cm³/mol. The van der Waals surface area contributed by atoms with E-state index < -0.39 is 12.1 Å². The summed E-state index contributed by atoms with van der Waals surface area (Å²) in [5.74, 6) is -0.230. The zero-order valence-electron chi connectivity index (χ0n) is 11.5. The van der Waals surface area contributed by atoms with Crippen LogP contribution in [0.3, 0.4) is 0 Å². The second-order valence-electron chi connectivity index (χ2n) is 5.09. The number of nitrogens with two attached hydrogens (primary N) is 1. The van der Waals surface area contributed by atoms with E-state index in [2.05, 4.69) is 5.32 Å². The quantitative estimate of drug-likeness (QED) is 0.708. The van der Waals surface area contributed by atoms with Crippen LogP contribution in [0.15, 0.2) is 30.3 Å². The summed E-state index contributed by atoms with van der Waals surface area (Å²) in [7, 11) is 0. The summed E-state index contributed by atoms with van der Waals surface area (Å²) in [4.78, 5) is 12.1. The minimum Gasteiger partial charge on any atom is -0.394 e. The molecule has 1 aliphatic heterocycles. The van der Waals surface area contributed by atoms with E-state index in [4.69, 9.17) is 10.5 Å². The molecular weight excluding hydrogens is 256 g/mol. The molecular formula is C15H21N2O3. The highest BCUT2D eigenvalue weighted by atomic mass is 16.5. The number of carbonyl (C=O) groups excluding carboxylic acids is 1. The Morgan fingerprint density at radius 1 is 1.45 bits per heavy atom. The number of amides is 1. The standard InChI is InChI=1S/C15H21N2O3/c1-10-7-13(14(9-18)20-10)17-15(19)12(16)8-11-5-3-2-4-6-11/h2-7,10,12-14,18H,8-9,16H2,1H3,(H,17,19)/t10-,12?,13+,14+/m0/s1. The molecule has 1 amide bonds. The minimum atomic E-state index is -0.610. The van der Waals surface area contributed by atoms with Gasteiger partial charge in [-0.05, 0) is 18.9 Å². The van der Waals surface area contributed by atoms with Crippen molar-refractivity contribution >= 4 is 5.91 Å². The third kappa shape index (κ3) is 3.79. The molecule has 1 aliphatic rings. The Hall–Kier alpha value is -1.43. The highest BCUT2D eigenvalue weighted by Gasteiger charge is 2.34. The van der Waals surface area contributed by atoms with E-state index in [1.54, 1.807) is 0 Å². The van der Waals surface area contributed by atoms with Gasteiger partial charge in [0.05, 0.1) is 24.8 Å². The van der Waals surface area contributed by atoms with Gasteiger partial charge in [0, 0.05) is 6.42 Å². The zero-order chi connectivity index (χ0) is 14.5. The second kappa shape index (κ2) is 6.83. The lowest BCUT2D eigenvalue weighted by Gasteiger charge is -2.20. The smallest absolute Gasteiger partial charge is 0.237 e. The lowest BCUT2D eigenvalue weighted by atomic mass is 10.0. The summed E-state index contributed by atoms with van der Waals surface area (Å²) >= 11 is 0. The fourth-order valence-electron chi connectivity index (χ4n) is 2.35. The van der Waals surface area contributed by atoms with Crippen molar-refractivity contribution in [2.45, 2.75) is 37.6 Å². The molecule has 1 saturated heterocycles. The van der Waals surface area contributed by atoms with Crippen molar-refractivity contribution in [3.63, 3.8) is 0 Å². The molecule has 1 unspecified atom stereocenters. The molecule has 2 rings (SSSR count). The number of rotatable bonds is 5. The average molecular weight is 277 g/mol. The maximum Gasteiger partial charge on any atom is 0.237 e. The third-order valence-corrected chi connectivity index (χ3v) is 3.39. The molecule has 109 valence electrons. The number of carbonyl (C=O) groups is 1. The third-order valence-electron chi connectivity index (χ3n) is 3.39. The fraction of sp³-hybridized carbons (Fsp3) is 0.467. The molecule has 0 spiro atoms. The number of hydrogen-bond donors (Lipinski definition) is 3. The Morgan fingerprint density at radius 3 is 2.80 bits per heavy atom.